The van der Waals surface area contributed by atoms with Gasteiger partial charge in [0.15, 0.2) is 16.4 Å². The molecular weight excluding hydrogens is 382 g/mol. The highest BCUT2D eigenvalue weighted by atomic mass is 32.2. The Balaban J connectivity index is 1.41. The maximum Gasteiger partial charge on any atom is 0.306 e. The summed E-state index contributed by atoms with van der Waals surface area (Å²) in [6.07, 6.45) is 0.471. The van der Waals surface area contributed by atoms with Crippen LogP contribution in [0.4, 0.5) is 5.69 Å². The van der Waals surface area contributed by atoms with Crippen molar-refractivity contribution in [3.8, 4) is 11.5 Å². The number of ether oxygens (including phenoxy) is 2. The molecule has 1 heterocycles. The molecule has 8 heteroatoms. The fourth-order valence-corrected chi connectivity index (χ4v) is 4.76. The third-order valence-electron chi connectivity index (χ3n) is 4.26. The largest absolute Gasteiger partial charge is 0.457 e. The molecule has 2 aromatic rings. The van der Waals surface area contributed by atoms with Gasteiger partial charge < -0.3 is 14.8 Å². The summed E-state index contributed by atoms with van der Waals surface area (Å²) in [5, 5.41) is 2.63. The number of para-hydroxylation sites is 1. The van der Waals surface area contributed by atoms with E-state index in [1.165, 1.54) is 0 Å². The van der Waals surface area contributed by atoms with Gasteiger partial charge in [0.1, 0.15) is 11.5 Å². The molecule has 0 radical (unpaired) electrons. The number of hydrogen-bond acceptors (Lipinski definition) is 6. The van der Waals surface area contributed by atoms with Crippen LogP contribution < -0.4 is 10.1 Å². The summed E-state index contributed by atoms with van der Waals surface area (Å²) in [5.41, 5.74) is 0.545. The van der Waals surface area contributed by atoms with E-state index in [4.69, 9.17) is 9.47 Å². The summed E-state index contributed by atoms with van der Waals surface area (Å²) in [6, 6.07) is 16.1. The second-order valence-electron chi connectivity index (χ2n) is 6.62. The molecule has 148 valence electrons. The molecule has 1 atom stereocenters. The smallest absolute Gasteiger partial charge is 0.306 e. The van der Waals surface area contributed by atoms with Crippen LogP contribution >= 0.6 is 0 Å². The highest BCUT2D eigenvalue weighted by Gasteiger charge is 2.29. The Morgan fingerprint density at radius 1 is 1.00 bits per heavy atom. The van der Waals surface area contributed by atoms with E-state index in [-0.39, 0.29) is 23.8 Å². The van der Waals surface area contributed by atoms with Crippen LogP contribution in [0.15, 0.2) is 54.6 Å². The van der Waals surface area contributed by atoms with E-state index in [2.05, 4.69) is 5.32 Å². The summed E-state index contributed by atoms with van der Waals surface area (Å²) in [7, 11) is -3.03. The average molecular weight is 403 g/mol. The second kappa shape index (κ2) is 8.88. The Bertz CT molecular complexity index is 925. The van der Waals surface area contributed by atoms with Crippen molar-refractivity contribution < 1.29 is 27.5 Å². The first-order valence-corrected chi connectivity index (χ1v) is 10.7. The molecule has 1 amide bonds. The van der Waals surface area contributed by atoms with Crippen LogP contribution in [-0.4, -0.2) is 38.4 Å². The number of sulfone groups is 1. The Hall–Kier alpha value is -2.87. The lowest BCUT2D eigenvalue weighted by molar-refractivity contribution is -0.148. The first-order chi connectivity index (χ1) is 13.4. The third kappa shape index (κ3) is 6.09. The SMILES string of the molecule is O=C(COC(=O)CC1CCS(=O)(=O)C1)Nc1ccc(Oc2ccccc2)cc1. The predicted octanol–water partition coefficient (Wildman–Crippen LogP) is 2.79. The van der Waals surface area contributed by atoms with Crippen LogP contribution in [0.1, 0.15) is 12.8 Å². The summed E-state index contributed by atoms with van der Waals surface area (Å²) in [5.74, 6) is 0.190. The molecule has 1 aliphatic heterocycles. The van der Waals surface area contributed by atoms with E-state index in [0.29, 0.717) is 23.6 Å². The minimum atomic E-state index is -3.03. The zero-order chi connectivity index (χ0) is 20.0. The quantitative estimate of drug-likeness (QED) is 0.714. The van der Waals surface area contributed by atoms with Crippen molar-refractivity contribution in [2.75, 3.05) is 23.4 Å². The van der Waals surface area contributed by atoms with E-state index in [0.717, 1.165) is 0 Å². The number of nitrogens with one attached hydrogen (secondary N) is 1. The van der Waals surface area contributed by atoms with Gasteiger partial charge >= 0.3 is 5.97 Å². The van der Waals surface area contributed by atoms with Gasteiger partial charge in [-0.25, -0.2) is 8.42 Å². The van der Waals surface area contributed by atoms with Crippen LogP contribution in [0, 0.1) is 5.92 Å². The number of hydrogen-bond donors (Lipinski definition) is 1. The van der Waals surface area contributed by atoms with Crippen molar-refractivity contribution >= 4 is 27.4 Å². The van der Waals surface area contributed by atoms with Gasteiger partial charge in [-0.2, -0.15) is 0 Å². The third-order valence-corrected chi connectivity index (χ3v) is 6.10. The number of rotatable bonds is 7. The topological polar surface area (TPSA) is 98.8 Å². The van der Waals surface area contributed by atoms with Gasteiger partial charge in [0.25, 0.3) is 5.91 Å². The van der Waals surface area contributed by atoms with Crippen molar-refractivity contribution in [1.29, 1.82) is 0 Å². The van der Waals surface area contributed by atoms with Crippen LogP contribution in [0.25, 0.3) is 0 Å². The van der Waals surface area contributed by atoms with E-state index in [1.807, 2.05) is 30.3 Å². The lowest BCUT2D eigenvalue weighted by Gasteiger charge is -2.10. The van der Waals surface area contributed by atoms with Crippen LogP contribution in [0.5, 0.6) is 11.5 Å². The number of amides is 1. The number of anilines is 1. The minimum Gasteiger partial charge on any atom is -0.457 e. The standard InChI is InChI=1S/C20H21NO6S/c22-19(13-26-20(23)12-15-10-11-28(24,25)14-15)21-16-6-8-18(9-7-16)27-17-4-2-1-3-5-17/h1-9,15H,10-14H2,(H,21,22). The number of benzene rings is 2. The Kier molecular flexibility index (Phi) is 6.30. The molecule has 0 saturated carbocycles. The highest BCUT2D eigenvalue weighted by molar-refractivity contribution is 7.91. The van der Waals surface area contributed by atoms with E-state index in [1.54, 1.807) is 24.3 Å². The molecule has 0 aliphatic carbocycles. The number of carbonyl (C=O) groups excluding carboxylic acids is 2. The van der Waals surface area contributed by atoms with E-state index >= 15 is 0 Å². The maximum absolute atomic E-state index is 11.9. The average Bonchev–Trinajstić information content (AvgIpc) is 3.01. The monoisotopic (exact) mass is 403 g/mol. The lowest BCUT2D eigenvalue weighted by atomic mass is 10.1. The van der Waals surface area contributed by atoms with Crippen molar-refractivity contribution in [3.05, 3.63) is 54.6 Å². The first-order valence-electron chi connectivity index (χ1n) is 8.88. The van der Waals surface area contributed by atoms with Gasteiger partial charge in [-0.3, -0.25) is 9.59 Å². The van der Waals surface area contributed by atoms with E-state index in [9.17, 15) is 18.0 Å². The molecule has 0 aromatic heterocycles. The first kappa shape index (κ1) is 19.9. The highest BCUT2D eigenvalue weighted by Crippen LogP contribution is 2.23. The summed E-state index contributed by atoms with van der Waals surface area (Å²) in [4.78, 5) is 23.7. The van der Waals surface area contributed by atoms with Gasteiger partial charge in [0.2, 0.25) is 0 Å². The Labute approximate surface area is 163 Å². The molecule has 28 heavy (non-hydrogen) atoms. The molecule has 1 N–H and O–H groups in total. The van der Waals surface area contributed by atoms with Gasteiger partial charge in [-0.15, -0.1) is 0 Å². The van der Waals surface area contributed by atoms with Crippen LogP contribution in [0.2, 0.25) is 0 Å². The van der Waals surface area contributed by atoms with Crippen molar-refractivity contribution in [3.63, 3.8) is 0 Å². The van der Waals surface area contributed by atoms with Crippen LogP contribution in [-0.2, 0) is 24.2 Å². The zero-order valence-electron chi connectivity index (χ0n) is 15.2. The zero-order valence-corrected chi connectivity index (χ0v) is 16.0. The minimum absolute atomic E-state index is 0.00565. The van der Waals surface area contributed by atoms with Crippen molar-refractivity contribution in [2.45, 2.75) is 12.8 Å². The van der Waals surface area contributed by atoms with Gasteiger partial charge in [-0.05, 0) is 48.7 Å². The van der Waals surface area contributed by atoms with Crippen molar-refractivity contribution in [2.24, 2.45) is 5.92 Å². The fourth-order valence-electron chi connectivity index (χ4n) is 2.90. The fraction of sp³-hybridized carbons (Fsp3) is 0.300. The summed E-state index contributed by atoms with van der Waals surface area (Å²) < 4.78 is 33.4. The number of carbonyl (C=O) groups is 2. The molecule has 2 aromatic carbocycles. The molecule has 3 rings (SSSR count). The Morgan fingerprint density at radius 3 is 2.32 bits per heavy atom. The van der Waals surface area contributed by atoms with Crippen molar-refractivity contribution in [1.82, 2.24) is 0 Å². The molecule has 1 fully saturated rings. The van der Waals surface area contributed by atoms with Crippen LogP contribution in [0.3, 0.4) is 0 Å². The molecule has 7 nitrogen and oxygen atoms in total. The van der Waals surface area contributed by atoms with Gasteiger partial charge in [0.05, 0.1) is 11.5 Å². The molecular formula is C20H21NO6S. The second-order valence-corrected chi connectivity index (χ2v) is 8.85. The number of esters is 1. The molecule has 1 saturated heterocycles. The molecule has 0 spiro atoms. The Morgan fingerprint density at radius 2 is 1.68 bits per heavy atom. The summed E-state index contributed by atoms with van der Waals surface area (Å²) >= 11 is 0. The summed E-state index contributed by atoms with van der Waals surface area (Å²) in [6.45, 7) is -0.416. The molecule has 1 unspecified atom stereocenters. The van der Waals surface area contributed by atoms with Gasteiger partial charge in [0, 0.05) is 12.1 Å². The molecule has 1 aliphatic rings. The normalized spacial score (nSPS) is 17.6. The lowest BCUT2D eigenvalue weighted by Crippen LogP contribution is -2.22. The van der Waals surface area contributed by atoms with E-state index < -0.39 is 28.3 Å². The maximum atomic E-state index is 11.9. The van der Waals surface area contributed by atoms with Gasteiger partial charge in [-0.1, -0.05) is 18.2 Å². The predicted molar refractivity (Wildman–Crippen MR) is 104 cm³/mol. The molecule has 0 bridgehead atoms.